The van der Waals surface area contributed by atoms with Crippen LogP contribution >= 0.6 is 0 Å². The van der Waals surface area contributed by atoms with Crippen LogP contribution in [0.25, 0.3) is 16.7 Å². The lowest BCUT2D eigenvalue weighted by atomic mass is 9.63. The van der Waals surface area contributed by atoms with Gasteiger partial charge in [0.1, 0.15) is 0 Å². The smallest absolute Gasteiger partial charge is 0.0725 e. The SMILES string of the molecule is C=C/C=C\C(=C/C)C1(C2=CC=CCC2)C/C=C\C=C/Cc2ccc(C)cc21.C=CC1=C(C=C)C2(c3ccccc31)c1ccccc1-c1ccc(C)cc12.CCC. The molecule has 2 atom stereocenters. The summed E-state index contributed by atoms with van der Waals surface area (Å²) in [5.41, 5.74) is 18.3. The van der Waals surface area contributed by atoms with Crippen LogP contribution in [0.5, 0.6) is 0 Å². The van der Waals surface area contributed by atoms with E-state index < -0.39 is 0 Å². The summed E-state index contributed by atoms with van der Waals surface area (Å²) in [6.45, 7) is 23.0. The van der Waals surface area contributed by atoms with E-state index in [1.807, 2.05) is 18.2 Å². The van der Waals surface area contributed by atoms with Gasteiger partial charge in [-0.05, 0) is 108 Å². The highest BCUT2D eigenvalue weighted by Crippen LogP contribution is 2.62. The molecule has 282 valence electrons. The van der Waals surface area contributed by atoms with Crippen molar-refractivity contribution in [2.45, 2.75) is 77.6 Å². The summed E-state index contributed by atoms with van der Waals surface area (Å²) < 4.78 is 0. The number of allylic oxidation sites excluding steroid dienone is 17. The molecule has 0 heterocycles. The maximum Gasteiger partial charge on any atom is 0.0725 e. The van der Waals surface area contributed by atoms with E-state index in [1.54, 1.807) is 0 Å². The minimum Gasteiger partial charge on any atom is -0.0991 e. The van der Waals surface area contributed by atoms with E-state index in [2.05, 4.69) is 200 Å². The molecule has 0 aromatic heterocycles. The first-order valence-corrected chi connectivity index (χ1v) is 20.4. The van der Waals surface area contributed by atoms with Crippen LogP contribution < -0.4 is 0 Å². The maximum absolute atomic E-state index is 4.21. The Bertz CT molecular complexity index is 2340. The first kappa shape index (κ1) is 40.0. The summed E-state index contributed by atoms with van der Waals surface area (Å²) in [7, 11) is 0. The van der Waals surface area contributed by atoms with Crippen LogP contribution in [-0.2, 0) is 17.3 Å². The molecule has 0 aliphatic heterocycles. The molecule has 0 radical (unpaired) electrons. The summed E-state index contributed by atoms with van der Waals surface area (Å²) >= 11 is 0. The van der Waals surface area contributed by atoms with Gasteiger partial charge in [-0.25, -0.2) is 0 Å². The van der Waals surface area contributed by atoms with Gasteiger partial charge in [0.05, 0.1) is 5.41 Å². The van der Waals surface area contributed by atoms with Crippen molar-refractivity contribution in [3.8, 4) is 11.1 Å². The molecule has 4 aliphatic rings. The normalized spacial score (nSPS) is 21.4. The fourth-order valence-corrected chi connectivity index (χ4v) is 9.34. The number of aryl methyl sites for hydroxylation is 2. The van der Waals surface area contributed by atoms with Gasteiger partial charge < -0.3 is 0 Å². The van der Waals surface area contributed by atoms with Gasteiger partial charge in [0, 0.05) is 5.41 Å². The van der Waals surface area contributed by atoms with Crippen molar-refractivity contribution < 1.29 is 0 Å². The molecule has 0 saturated heterocycles. The van der Waals surface area contributed by atoms with E-state index in [0.29, 0.717) is 0 Å². The summed E-state index contributed by atoms with van der Waals surface area (Å²) in [6, 6.07) is 31.3. The second-order valence-electron chi connectivity index (χ2n) is 15.2. The molecule has 0 fully saturated rings. The van der Waals surface area contributed by atoms with Crippen LogP contribution in [0.3, 0.4) is 0 Å². The van der Waals surface area contributed by atoms with Gasteiger partial charge in [0.2, 0.25) is 0 Å². The minimum absolute atomic E-state index is 0.136. The van der Waals surface area contributed by atoms with Crippen molar-refractivity contribution in [1.82, 2.24) is 0 Å². The van der Waals surface area contributed by atoms with Crippen LogP contribution in [0.1, 0.15) is 91.0 Å². The Morgan fingerprint density at radius 2 is 1.34 bits per heavy atom. The molecule has 4 aromatic rings. The fourth-order valence-electron chi connectivity index (χ4n) is 9.34. The lowest BCUT2D eigenvalue weighted by molar-refractivity contribution is 0.575. The van der Waals surface area contributed by atoms with Crippen molar-refractivity contribution in [3.05, 3.63) is 245 Å². The second-order valence-corrected chi connectivity index (χ2v) is 15.2. The quantitative estimate of drug-likeness (QED) is 0.173. The van der Waals surface area contributed by atoms with E-state index in [1.165, 1.54) is 84.3 Å². The second kappa shape index (κ2) is 17.8. The van der Waals surface area contributed by atoms with Crippen molar-refractivity contribution >= 4 is 5.57 Å². The zero-order valence-corrected chi connectivity index (χ0v) is 34.2. The molecule has 0 heteroatoms. The molecule has 0 saturated carbocycles. The van der Waals surface area contributed by atoms with E-state index in [4.69, 9.17) is 0 Å². The molecule has 0 bridgehead atoms. The Labute approximate surface area is 337 Å². The molecule has 0 N–H and O–H groups in total. The Balaban J connectivity index is 0.000000178. The van der Waals surface area contributed by atoms with Gasteiger partial charge in [-0.3, -0.25) is 0 Å². The summed E-state index contributed by atoms with van der Waals surface area (Å²) in [5, 5.41) is 0. The lowest BCUT2D eigenvalue weighted by Gasteiger charge is -2.40. The van der Waals surface area contributed by atoms with Crippen LogP contribution in [-0.4, -0.2) is 0 Å². The average Bonchev–Trinajstić information content (AvgIpc) is 3.71. The Morgan fingerprint density at radius 1 is 0.696 bits per heavy atom. The van der Waals surface area contributed by atoms with Crippen molar-refractivity contribution in [2.75, 3.05) is 0 Å². The molecule has 4 aliphatic carbocycles. The van der Waals surface area contributed by atoms with Gasteiger partial charge in [-0.1, -0.05) is 221 Å². The molecule has 0 nitrogen and oxygen atoms in total. The van der Waals surface area contributed by atoms with Crippen LogP contribution in [0.4, 0.5) is 0 Å². The molecule has 0 amide bonds. The fraction of sp³-hybridized carbons (Fsp3) is 0.214. The Kier molecular flexibility index (Phi) is 12.7. The van der Waals surface area contributed by atoms with Crippen LogP contribution in [0.15, 0.2) is 200 Å². The summed E-state index contributed by atoms with van der Waals surface area (Å²) in [6.07, 6.45) is 33.7. The third kappa shape index (κ3) is 6.99. The molecule has 8 rings (SSSR count). The van der Waals surface area contributed by atoms with Gasteiger partial charge >= 0.3 is 0 Å². The largest absolute Gasteiger partial charge is 0.0991 e. The van der Waals surface area contributed by atoms with E-state index >= 15 is 0 Å². The van der Waals surface area contributed by atoms with Gasteiger partial charge in [-0.2, -0.15) is 0 Å². The van der Waals surface area contributed by atoms with Gasteiger partial charge in [0.25, 0.3) is 0 Å². The topological polar surface area (TPSA) is 0 Å². The molecule has 2 unspecified atom stereocenters. The summed E-state index contributed by atoms with van der Waals surface area (Å²) in [4.78, 5) is 0. The predicted molar refractivity (Wildman–Crippen MR) is 245 cm³/mol. The first-order chi connectivity index (χ1) is 27.4. The highest BCUT2D eigenvalue weighted by molar-refractivity contribution is 5.97. The van der Waals surface area contributed by atoms with Crippen molar-refractivity contribution in [1.29, 1.82) is 0 Å². The minimum atomic E-state index is -0.292. The number of benzene rings is 4. The van der Waals surface area contributed by atoms with E-state index in [9.17, 15) is 0 Å². The van der Waals surface area contributed by atoms with Crippen LogP contribution in [0, 0.1) is 13.8 Å². The maximum atomic E-state index is 4.21. The van der Waals surface area contributed by atoms with Crippen molar-refractivity contribution in [2.24, 2.45) is 0 Å². The Hall–Kier alpha value is -5.72. The Morgan fingerprint density at radius 3 is 2.00 bits per heavy atom. The monoisotopic (exact) mass is 730 g/mol. The summed E-state index contributed by atoms with van der Waals surface area (Å²) in [5.74, 6) is 0. The number of fused-ring (bicyclic) bond motifs is 8. The first-order valence-electron chi connectivity index (χ1n) is 20.4. The lowest BCUT2D eigenvalue weighted by Crippen LogP contribution is -2.32. The number of rotatable bonds is 6. The molecular weight excluding hydrogens is 673 g/mol. The average molecular weight is 731 g/mol. The van der Waals surface area contributed by atoms with Gasteiger partial charge in [0.15, 0.2) is 0 Å². The highest BCUT2D eigenvalue weighted by Gasteiger charge is 2.51. The zero-order valence-electron chi connectivity index (χ0n) is 34.2. The number of hydrogen-bond acceptors (Lipinski definition) is 0. The standard InChI is InChI=1S/C27H30.C26H20.C3H8/c1-4-6-15-24(5-2)27(25-16-11-9-12-17-25)20-13-8-7-10-14-23-19-18-22(3)21-26(23)27;1-4-18-19-10-6-8-12-23(19)26(22(18)5-2)24-13-9-7-11-20(24)21-15-14-17(3)16-25(21)26;1-3-2/h4-11,13,15-16,18-19,21H,1,12,14,17,20H2,2-3H3;4-16H,1-2H2,3H3;3H2,1-2H3/b10-7-,13-8-,15-6-,24-5+;;. The number of hydrogen-bond donors (Lipinski definition) is 0. The molecule has 56 heavy (non-hydrogen) atoms. The van der Waals surface area contributed by atoms with Crippen LogP contribution in [0.2, 0.25) is 0 Å². The third-order valence-electron chi connectivity index (χ3n) is 11.6. The van der Waals surface area contributed by atoms with Gasteiger partial charge in [-0.15, -0.1) is 0 Å². The predicted octanol–water partition coefficient (Wildman–Crippen LogP) is 15.1. The molecule has 1 spiro atoms. The zero-order chi connectivity index (χ0) is 39.7. The van der Waals surface area contributed by atoms with E-state index in [-0.39, 0.29) is 10.8 Å². The highest BCUT2D eigenvalue weighted by atomic mass is 14.5. The van der Waals surface area contributed by atoms with E-state index in [0.717, 1.165) is 25.7 Å². The molecule has 4 aromatic carbocycles. The molecular formula is C56H58. The van der Waals surface area contributed by atoms with Crippen molar-refractivity contribution in [3.63, 3.8) is 0 Å². The third-order valence-corrected chi connectivity index (χ3v) is 11.6.